The second-order valence-corrected chi connectivity index (χ2v) is 13.8. The second-order valence-electron chi connectivity index (χ2n) is 13.8. The van der Waals surface area contributed by atoms with Gasteiger partial charge in [0.25, 0.3) is 0 Å². The molecule has 2 N–H and O–H groups in total. The van der Waals surface area contributed by atoms with Gasteiger partial charge in [0.1, 0.15) is 5.82 Å². The lowest BCUT2D eigenvalue weighted by Gasteiger charge is -2.49. The molecule has 2 rings (SSSR count). The lowest BCUT2D eigenvalue weighted by Crippen LogP contribution is -2.62. The molecule has 0 saturated carbocycles. The summed E-state index contributed by atoms with van der Waals surface area (Å²) in [5.74, 6) is 2.25. The first-order valence-corrected chi connectivity index (χ1v) is 11.8. The van der Waals surface area contributed by atoms with Crippen molar-refractivity contribution in [1.29, 1.82) is 0 Å². The highest BCUT2D eigenvalue weighted by Gasteiger charge is 2.40. The molecule has 31 heavy (non-hydrogen) atoms. The molecule has 0 radical (unpaired) electrons. The zero-order valence-corrected chi connectivity index (χ0v) is 22.5. The van der Waals surface area contributed by atoms with Crippen molar-refractivity contribution >= 4 is 11.9 Å². The maximum Gasteiger partial charge on any atom is 0.230 e. The minimum atomic E-state index is -0.157. The summed E-state index contributed by atoms with van der Waals surface area (Å²) in [5, 5.41) is 7.39. The van der Waals surface area contributed by atoms with Gasteiger partial charge in [0.15, 0.2) is 0 Å². The average Bonchev–Trinajstić information content (AvgIpc) is 2.46. The minimum Gasteiger partial charge on any atom is -0.349 e. The van der Waals surface area contributed by atoms with E-state index in [1.807, 2.05) is 0 Å². The number of anilines is 2. The molecule has 1 fully saturated rings. The fourth-order valence-corrected chi connectivity index (χ4v) is 5.29. The molecule has 2 heterocycles. The lowest BCUT2D eigenvalue weighted by atomic mass is 9.79. The Labute approximate surface area is 191 Å². The molecule has 1 aromatic heterocycles. The maximum absolute atomic E-state index is 4.92. The van der Waals surface area contributed by atoms with E-state index in [0.717, 1.165) is 31.0 Å². The van der Waals surface area contributed by atoms with E-state index >= 15 is 0 Å². The van der Waals surface area contributed by atoms with Crippen LogP contribution in [0.5, 0.6) is 0 Å². The van der Waals surface area contributed by atoms with Crippen molar-refractivity contribution in [3.63, 3.8) is 0 Å². The summed E-state index contributed by atoms with van der Waals surface area (Å²) in [6.07, 6.45) is 3.10. The fraction of sp³-hybridized carbons (Fsp3) is 0.880. The Morgan fingerprint density at radius 1 is 0.903 bits per heavy atom. The predicted molar refractivity (Wildman–Crippen MR) is 133 cm³/mol. The van der Waals surface area contributed by atoms with Gasteiger partial charge in [-0.15, -0.1) is 0 Å². The van der Waals surface area contributed by atoms with Gasteiger partial charge >= 0.3 is 0 Å². The third-order valence-corrected chi connectivity index (χ3v) is 5.75. The highest BCUT2D eigenvalue weighted by Crippen LogP contribution is 2.34. The summed E-state index contributed by atoms with van der Waals surface area (Å²) >= 11 is 0. The quantitative estimate of drug-likeness (QED) is 0.637. The molecule has 0 bridgehead atoms. The van der Waals surface area contributed by atoms with Crippen molar-refractivity contribution in [1.82, 2.24) is 20.3 Å². The molecule has 178 valence electrons. The number of hydrogen-bond acceptors (Lipinski definition) is 6. The number of piperidine rings is 1. The van der Waals surface area contributed by atoms with E-state index in [-0.39, 0.29) is 27.4 Å². The summed E-state index contributed by atoms with van der Waals surface area (Å²) in [5.41, 5.74) is 0.0636. The summed E-state index contributed by atoms with van der Waals surface area (Å²) < 4.78 is 0. The lowest BCUT2D eigenvalue weighted by molar-refractivity contribution is 0.160. The van der Waals surface area contributed by atoms with Crippen LogP contribution in [0.4, 0.5) is 11.9 Å². The number of nitrogens with one attached hydrogen (secondary N) is 2. The topological polar surface area (TPSA) is 66.0 Å². The molecule has 6 nitrogen and oxygen atoms in total. The van der Waals surface area contributed by atoms with Crippen LogP contribution in [0, 0.1) is 5.41 Å². The highest BCUT2D eigenvalue weighted by atomic mass is 15.3. The van der Waals surface area contributed by atoms with Crippen molar-refractivity contribution in [2.24, 2.45) is 5.41 Å². The Balaban J connectivity index is 2.42. The van der Waals surface area contributed by atoms with Gasteiger partial charge in [-0.3, -0.25) is 0 Å². The van der Waals surface area contributed by atoms with Gasteiger partial charge in [0, 0.05) is 35.1 Å². The van der Waals surface area contributed by atoms with Crippen molar-refractivity contribution in [2.75, 3.05) is 17.3 Å². The number of rotatable bonds is 5. The van der Waals surface area contributed by atoms with Gasteiger partial charge in [0.05, 0.1) is 0 Å². The molecule has 1 saturated heterocycles. The third-order valence-electron chi connectivity index (χ3n) is 5.75. The van der Waals surface area contributed by atoms with E-state index < -0.39 is 0 Å². The Kier molecular flexibility index (Phi) is 6.80. The Morgan fingerprint density at radius 2 is 1.42 bits per heavy atom. The van der Waals surface area contributed by atoms with Crippen LogP contribution in [0.15, 0.2) is 0 Å². The van der Waals surface area contributed by atoms with E-state index in [0.29, 0.717) is 12.0 Å². The summed E-state index contributed by atoms with van der Waals surface area (Å²) in [6, 6.07) is 0.358. The maximum atomic E-state index is 4.92. The summed E-state index contributed by atoms with van der Waals surface area (Å²) in [4.78, 5) is 16.9. The molecule has 0 spiro atoms. The van der Waals surface area contributed by atoms with Gasteiger partial charge < -0.3 is 15.5 Å². The SMILES string of the molecule is CN(c1nc(NC(C)(C)CC(C)(C)C)nc(C(C)(C)C)n1)C1CC(C)(C)NC(C)(C)C1. The van der Waals surface area contributed by atoms with Crippen LogP contribution in [0.3, 0.4) is 0 Å². The molecule has 0 aromatic carbocycles. The first-order chi connectivity index (χ1) is 13.7. The van der Waals surface area contributed by atoms with Gasteiger partial charge in [-0.25, -0.2) is 0 Å². The normalized spacial score (nSPS) is 19.9. The molecule has 0 atom stereocenters. The third kappa shape index (κ3) is 7.58. The highest BCUT2D eigenvalue weighted by molar-refractivity contribution is 5.40. The minimum absolute atomic E-state index is 0.0658. The van der Waals surface area contributed by atoms with Crippen LogP contribution in [0.25, 0.3) is 0 Å². The van der Waals surface area contributed by atoms with Crippen LogP contribution in [0.2, 0.25) is 0 Å². The zero-order chi connectivity index (χ0) is 24.0. The number of nitrogens with zero attached hydrogens (tertiary/aromatic N) is 4. The van der Waals surface area contributed by atoms with Gasteiger partial charge in [0.2, 0.25) is 11.9 Å². The molecular weight excluding hydrogens is 384 g/mol. The van der Waals surface area contributed by atoms with Gasteiger partial charge in [-0.1, -0.05) is 41.5 Å². The van der Waals surface area contributed by atoms with Crippen LogP contribution in [-0.2, 0) is 5.41 Å². The Bertz CT molecular complexity index is 751. The first kappa shape index (κ1) is 25.8. The predicted octanol–water partition coefficient (Wildman–Crippen LogP) is 5.54. The summed E-state index contributed by atoms with van der Waals surface area (Å²) in [6.45, 7) is 26.9. The molecule has 1 aromatic rings. The second kappa shape index (κ2) is 8.17. The van der Waals surface area contributed by atoms with Crippen LogP contribution >= 0.6 is 0 Å². The Hall–Kier alpha value is -1.43. The molecule has 0 amide bonds. The molecular formula is C25H48N6. The molecule has 6 heteroatoms. The first-order valence-electron chi connectivity index (χ1n) is 11.8. The average molecular weight is 433 g/mol. The standard InChI is InChI=1S/C25H48N6/c1-21(2,3)16-25(11,12)29-19-26-18(22(4,5)6)27-20(28-19)31(13)17-14-23(7,8)30-24(9,10)15-17/h17,30H,14-16H2,1-13H3,(H,26,27,28,29). The van der Waals surface area contributed by atoms with E-state index in [9.17, 15) is 0 Å². The number of hydrogen-bond donors (Lipinski definition) is 2. The molecule has 0 unspecified atom stereocenters. The van der Waals surface area contributed by atoms with Crippen molar-refractivity contribution in [2.45, 2.75) is 130 Å². The van der Waals surface area contributed by atoms with Crippen molar-refractivity contribution < 1.29 is 0 Å². The van der Waals surface area contributed by atoms with Crippen LogP contribution in [0.1, 0.15) is 108 Å². The van der Waals surface area contributed by atoms with Crippen molar-refractivity contribution in [3.05, 3.63) is 5.82 Å². The smallest absolute Gasteiger partial charge is 0.230 e. The van der Waals surface area contributed by atoms with E-state index in [4.69, 9.17) is 15.0 Å². The molecule has 1 aliphatic rings. The molecule has 0 aliphatic carbocycles. The van der Waals surface area contributed by atoms with Crippen LogP contribution in [-0.4, -0.2) is 44.7 Å². The summed E-state index contributed by atoms with van der Waals surface area (Å²) in [7, 11) is 2.13. The van der Waals surface area contributed by atoms with E-state index in [1.54, 1.807) is 0 Å². The van der Waals surface area contributed by atoms with Gasteiger partial charge in [-0.05, 0) is 66.2 Å². The largest absolute Gasteiger partial charge is 0.349 e. The Morgan fingerprint density at radius 3 is 1.87 bits per heavy atom. The van der Waals surface area contributed by atoms with Crippen molar-refractivity contribution in [3.8, 4) is 0 Å². The monoisotopic (exact) mass is 432 g/mol. The fourth-order valence-electron chi connectivity index (χ4n) is 5.29. The van der Waals surface area contributed by atoms with Gasteiger partial charge in [-0.2, -0.15) is 15.0 Å². The number of aromatic nitrogens is 3. The molecule has 1 aliphatic heterocycles. The zero-order valence-electron chi connectivity index (χ0n) is 22.5. The van der Waals surface area contributed by atoms with E-state index in [1.165, 1.54) is 0 Å². The van der Waals surface area contributed by atoms with Crippen LogP contribution < -0.4 is 15.5 Å². The van der Waals surface area contributed by atoms with E-state index in [2.05, 4.69) is 106 Å².